The Morgan fingerprint density at radius 2 is 0.719 bits per heavy atom. The van der Waals surface area contributed by atoms with Crippen molar-refractivity contribution in [2.24, 2.45) is 0 Å². The third-order valence-electron chi connectivity index (χ3n) is 6.23. The molecule has 0 bridgehead atoms. The summed E-state index contributed by atoms with van der Waals surface area (Å²) in [6, 6.07) is 48.0. The van der Waals surface area contributed by atoms with Crippen LogP contribution in [0, 0.1) is 0 Å². The van der Waals surface area contributed by atoms with Crippen LogP contribution in [0.4, 0.5) is 0 Å². The predicted octanol–water partition coefficient (Wildman–Crippen LogP) is 8.99. The minimum Gasteiger partial charge on any atom is -0.0622 e. The molecule has 6 rings (SSSR count). The maximum atomic E-state index is 2.33. The first-order valence-electron chi connectivity index (χ1n) is 11.0. The molecule has 0 heteroatoms. The molecule has 0 spiro atoms. The lowest BCUT2D eigenvalue weighted by molar-refractivity contribution is 1.58. The zero-order valence-electron chi connectivity index (χ0n) is 17.7. The highest BCUT2D eigenvalue weighted by Crippen LogP contribution is 2.38. The number of rotatable bonds is 3. The van der Waals surface area contributed by atoms with Gasteiger partial charge in [-0.1, -0.05) is 115 Å². The van der Waals surface area contributed by atoms with Crippen LogP contribution in [0.15, 0.2) is 133 Å². The van der Waals surface area contributed by atoms with Crippen LogP contribution >= 0.6 is 0 Å². The second kappa shape index (κ2) is 7.83. The fourth-order valence-electron chi connectivity index (χ4n) is 4.69. The van der Waals surface area contributed by atoms with E-state index in [1.807, 2.05) is 0 Å². The van der Waals surface area contributed by atoms with Crippen LogP contribution in [-0.4, -0.2) is 0 Å². The Kier molecular flexibility index (Phi) is 4.55. The number of benzene rings is 6. The lowest BCUT2D eigenvalue weighted by atomic mass is 9.90. The van der Waals surface area contributed by atoms with Crippen molar-refractivity contribution < 1.29 is 0 Å². The fraction of sp³-hybridized carbons (Fsp3) is 0. The first-order chi connectivity index (χ1) is 15.9. The Hall–Kier alpha value is -4.16. The quantitative estimate of drug-likeness (QED) is 0.257. The zero-order chi connectivity index (χ0) is 21.3. The Labute approximate surface area is 188 Å². The smallest absolute Gasteiger partial charge is 0.00266 e. The van der Waals surface area contributed by atoms with Crippen molar-refractivity contribution in [1.29, 1.82) is 0 Å². The van der Waals surface area contributed by atoms with Crippen LogP contribution in [0.1, 0.15) is 0 Å². The van der Waals surface area contributed by atoms with E-state index in [0.717, 1.165) is 0 Å². The normalized spacial score (nSPS) is 11.1. The summed E-state index contributed by atoms with van der Waals surface area (Å²) < 4.78 is 0. The zero-order valence-corrected chi connectivity index (χ0v) is 17.7. The van der Waals surface area contributed by atoms with Crippen LogP contribution in [0.2, 0.25) is 0 Å². The molecular formula is C32H22. The summed E-state index contributed by atoms with van der Waals surface area (Å²) in [6.45, 7) is 0. The van der Waals surface area contributed by atoms with Gasteiger partial charge in [-0.2, -0.15) is 0 Å². The molecule has 0 radical (unpaired) electrons. The standard InChI is InChI=1S/C32H22/c1-2-10-23(11-3-1)24-14-8-15-25(20-24)26-16-9-17-29(21-26)32-30-18-6-4-12-27(30)22-28-13-5-7-19-31(28)32/h1-22H. The third-order valence-corrected chi connectivity index (χ3v) is 6.23. The average Bonchev–Trinajstić information content (AvgIpc) is 2.88. The Balaban J connectivity index is 1.54. The molecule has 0 unspecified atom stereocenters. The van der Waals surface area contributed by atoms with Gasteiger partial charge in [-0.05, 0) is 73.1 Å². The van der Waals surface area contributed by atoms with Gasteiger partial charge in [0.25, 0.3) is 0 Å². The molecule has 0 aliphatic carbocycles. The van der Waals surface area contributed by atoms with Crippen molar-refractivity contribution >= 4 is 21.5 Å². The van der Waals surface area contributed by atoms with Crippen molar-refractivity contribution in [3.63, 3.8) is 0 Å². The first kappa shape index (κ1) is 18.6. The lowest BCUT2D eigenvalue weighted by Crippen LogP contribution is -1.87. The monoisotopic (exact) mass is 406 g/mol. The van der Waals surface area contributed by atoms with Gasteiger partial charge in [0, 0.05) is 0 Å². The summed E-state index contributed by atoms with van der Waals surface area (Å²) in [5.41, 5.74) is 7.50. The molecule has 32 heavy (non-hydrogen) atoms. The highest BCUT2D eigenvalue weighted by Gasteiger charge is 2.11. The van der Waals surface area contributed by atoms with Gasteiger partial charge in [-0.25, -0.2) is 0 Å². The largest absolute Gasteiger partial charge is 0.0622 e. The molecule has 0 atom stereocenters. The summed E-state index contributed by atoms with van der Waals surface area (Å²) >= 11 is 0. The molecule has 0 nitrogen and oxygen atoms in total. The van der Waals surface area contributed by atoms with Crippen LogP contribution in [0.5, 0.6) is 0 Å². The summed E-state index contributed by atoms with van der Waals surface area (Å²) in [5, 5.41) is 5.14. The van der Waals surface area contributed by atoms with E-state index >= 15 is 0 Å². The van der Waals surface area contributed by atoms with Crippen molar-refractivity contribution in [3.05, 3.63) is 133 Å². The summed E-state index contributed by atoms with van der Waals surface area (Å²) in [7, 11) is 0. The third kappa shape index (κ3) is 3.27. The van der Waals surface area contributed by atoms with Crippen molar-refractivity contribution in [2.45, 2.75) is 0 Å². The maximum Gasteiger partial charge on any atom is -0.00266 e. The molecule has 0 aliphatic rings. The van der Waals surface area contributed by atoms with Gasteiger partial charge in [0.15, 0.2) is 0 Å². The minimum absolute atomic E-state index is 1.23. The predicted molar refractivity (Wildman–Crippen MR) is 138 cm³/mol. The van der Waals surface area contributed by atoms with Gasteiger partial charge in [0.1, 0.15) is 0 Å². The SMILES string of the molecule is c1ccc(-c2cccc(-c3cccc(-c4c5ccccc5cc5ccccc45)c3)c2)cc1. The van der Waals surface area contributed by atoms with E-state index in [2.05, 4.69) is 133 Å². The van der Waals surface area contributed by atoms with E-state index in [1.165, 1.54) is 54.9 Å². The van der Waals surface area contributed by atoms with E-state index in [0.29, 0.717) is 0 Å². The van der Waals surface area contributed by atoms with Crippen molar-refractivity contribution in [3.8, 4) is 33.4 Å². The van der Waals surface area contributed by atoms with Gasteiger partial charge in [-0.3, -0.25) is 0 Å². The Bertz CT molecular complexity index is 1500. The molecule has 0 N–H and O–H groups in total. The number of fused-ring (bicyclic) bond motifs is 2. The molecule has 6 aromatic carbocycles. The first-order valence-corrected chi connectivity index (χ1v) is 11.0. The van der Waals surface area contributed by atoms with E-state index in [1.54, 1.807) is 0 Å². The molecular weight excluding hydrogens is 384 g/mol. The topological polar surface area (TPSA) is 0 Å². The fourth-order valence-corrected chi connectivity index (χ4v) is 4.69. The molecule has 0 aliphatic heterocycles. The van der Waals surface area contributed by atoms with Gasteiger partial charge in [0.05, 0.1) is 0 Å². The van der Waals surface area contributed by atoms with E-state index in [4.69, 9.17) is 0 Å². The minimum atomic E-state index is 1.23. The molecule has 0 saturated carbocycles. The molecule has 6 aromatic rings. The van der Waals surface area contributed by atoms with Gasteiger partial charge < -0.3 is 0 Å². The van der Waals surface area contributed by atoms with E-state index in [9.17, 15) is 0 Å². The van der Waals surface area contributed by atoms with Gasteiger partial charge in [0.2, 0.25) is 0 Å². The highest BCUT2D eigenvalue weighted by molar-refractivity contribution is 6.12. The second-order valence-corrected chi connectivity index (χ2v) is 8.22. The molecule has 0 fully saturated rings. The second-order valence-electron chi connectivity index (χ2n) is 8.22. The number of hydrogen-bond donors (Lipinski definition) is 0. The lowest BCUT2D eigenvalue weighted by Gasteiger charge is -2.14. The summed E-state index contributed by atoms with van der Waals surface area (Å²) in [5.74, 6) is 0. The maximum absolute atomic E-state index is 2.33. The van der Waals surface area contributed by atoms with E-state index < -0.39 is 0 Å². The van der Waals surface area contributed by atoms with Crippen LogP contribution in [0.3, 0.4) is 0 Å². The van der Waals surface area contributed by atoms with Gasteiger partial charge >= 0.3 is 0 Å². The Morgan fingerprint density at radius 3 is 1.34 bits per heavy atom. The average molecular weight is 407 g/mol. The van der Waals surface area contributed by atoms with Crippen LogP contribution < -0.4 is 0 Å². The molecule has 0 amide bonds. The molecule has 0 heterocycles. The summed E-state index contributed by atoms with van der Waals surface area (Å²) in [4.78, 5) is 0. The van der Waals surface area contributed by atoms with Crippen molar-refractivity contribution in [2.75, 3.05) is 0 Å². The summed E-state index contributed by atoms with van der Waals surface area (Å²) in [6.07, 6.45) is 0. The van der Waals surface area contributed by atoms with Gasteiger partial charge in [-0.15, -0.1) is 0 Å². The Morgan fingerprint density at radius 1 is 0.281 bits per heavy atom. The van der Waals surface area contributed by atoms with Crippen LogP contribution in [-0.2, 0) is 0 Å². The molecule has 0 aromatic heterocycles. The highest BCUT2D eigenvalue weighted by atomic mass is 14.1. The number of hydrogen-bond acceptors (Lipinski definition) is 0. The molecule has 150 valence electrons. The van der Waals surface area contributed by atoms with E-state index in [-0.39, 0.29) is 0 Å². The van der Waals surface area contributed by atoms with Crippen LogP contribution in [0.25, 0.3) is 54.9 Å². The molecule has 0 saturated heterocycles. The van der Waals surface area contributed by atoms with Crippen molar-refractivity contribution in [1.82, 2.24) is 0 Å².